The van der Waals surface area contributed by atoms with Gasteiger partial charge in [0.15, 0.2) is 0 Å². The third-order valence-electron chi connectivity index (χ3n) is 3.27. The molecule has 116 valence electrons. The zero-order chi connectivity index (χ0) is 14.4. The molecule has 0 aromatic carbocycles. The molecule has 0 aromatic rings. The fourth-order valence-electron chi connectivity index (χ4n) is 1.76. The Balaban J connectivity index is 3.83. The summed E-state index contributed by atoms with van der Waals surface area (Å²) in [6, 6.07) is 0. The molecule has 0 atom stereocenters. The highest BCUT2D eigenvalue weighted by Gasteiger charge is 2.29. The van der Waals surface area contributed by atoms with E-state index in [1.54, 1.807) is 0 Å². The average molecular weight is 276 g/mol. The molecule has 0 aliphatic carbocycles. The van der Waals surface area contributed by atoms with Gasteiger partial charge in [0.05, 0.1) is 31.8 Å². The summed E-state index contributed by atoms with van der Waals surface area (Å²) in [6.07, 6.45) is 6.68. The van der Waals surface area contributed by atoms with Gasteiger partial charge in [-0.25, -0.2) is 0 Å². The van der Waals surface area contributed by atoms with Crippen molar-refractivity contribution in [1.82, 2.24) is 0 Å². The molecule has 0 unspecified atom stereocenters. The van der Waals surface area contributed by atoms with Crippen LogP contribution >= 0.6 is 0 Å². The van der Waals surface area contributed by atoms with Gasteiger partial charge >= 0.3 is 0 Å². The van der Waals surface area contributed by atoms with Crippen LogP contribution in [0.1, 0.15) is 52.4 Å². The fraction of sp³-hybridized carbons (Fsp3) is 1.00. The van der Waals surface area contributed by atoms with Gasteiger partial charge in [-0.3, -0.25) is 0 Å². The Morgan fingerprint density at radius 3 is 1.47 bits per heavy atom. The van der Waals surface area contributed by atoms with Crippen molar-refractivity contribution in [3.8, 4) is 0 Å². The summed E-state index contributed by atoms with van der Waals surface area (Å²) in [6.45, 7) is 6.17. The van der Waals surface area contributed by atoms with Crippen LogP contribution < -0.4 is 0 Å². The van der Waals surface area contributed by atoms with Crippen LogP contribution in [0.25, 0.3) is 0 Å². The zero-order valence-corrected chi connectivity index (χ0v) is 12.7. The third kappa shape index (κ3) is 9.38. The highest BCUT2D eigenvalue weighted by Crippen LogP contribution is 2.17. The van der Waals surface area contributed by atoms with E-state index in [1.807, 2.05) is 0 Å². The molecule has 4 nitrogen and oxygen atoms in total. The predicted octanol–water partition coefficient (Wildman–Crippen LogP) is 2.37. The minimum atomic E-state index is -0.654. The first kappa shape index (κ1) is 18.8. The van der Waals surface area contributed by atoms with E-state index in [-0.39, 0.29) is 13.2 Å². The maximum Gasteiger partial charge on any atom is 0.0632 e. The van der Waals surface area contributed by atoms with E-state index < -0.39 is 5.41 Å². The summed E-state index contributed by atoms with van der Waals surface area (Å²) in [5, 5.41) is 18.9. The molecule has 0 bridgehead atoms. The first-order chi connectivity index (χ1) is 9.24. The molecule has 0 aromatic heterocycles. The molecule has 0 radical (unpaired) electrons. The van der Waals surface area contributed by atoms with E-state index in [1.165, 1.54) is 0 Å². The molecule has 0 heterocycles. The molecule has 0 spiro atoms. The summed E-state index contributed by atoms with van der Waals surface area (Å²) >= 11 is 0. The quantitative estimate of drug-likeness (QED) is 0.478. The summed E-state index contributed by atoms with van der Waals surface area (Å²) in [5.41, 5.74) is -0.654. The summed E-state index contributed by atoms with van der Waals surface area (Å²) in [5.74, 6) is 0. The normalized spacial score (nSPS) is 12.0. The van der Waals surface area contributed by atoms with Gasteiger partial charge in [0.25, 0.3) is 0 Å². The Kier molecular flexibility index (Phi) is 12.7. The van der Waals surface area contributed by atoms with E-state index in [9.17, 15) is 10.2 Å². The molecule has 0 rings (SSSR count). The standard InChI is InChI=1S/C15H32O4/c1-3-5-7-9-18-13-15(11-16,12-17)14-19-10-8-6-4-2/h16-17H,3-14H2,1-2H3. The number of aliphatic hydroxyl groups is 2. The van der Waals surface area contributed by atoms with Gasteiger partial charge in [0, 0.05) is 13.2 Å². The van der Waals surface area contributed by atoms with Crippen LogP contribution in [0.4, 0.5) is 0 Å². The van der Waals surface area contributed by atoms with Gasteiger partial charge in [0.1, 0.15) is 0 Å². The first-order valence-electron chi connectivity index (χ1n) is 7.62. The van der Waals surface area contributed by atoms with Crippen molar-refractivity contribution in [3.63, 3.8) is 0 Å². The number of hydrogen-bond donors (Lipinski definition) is 2. The molecule has 4 heteroatoms. The van der Waals surface area contributed by atoms with Gasteiger partial charge in [-0.05, 0) is 12.8 Å². The molecule has 19 heavy (non-hydrogen) atoms. The minimum absolute atomic E-state index is 0.106. The highest BCUT2D eigenvalue weighted by atomic mass is 16.5. The van der Waals surface area contributed by atoms with E-state index in [2.05, 4.69) is 13.8 Å². The van der Waals surface area contributed by atoms with E-state index >= 15 is 0 Å². The van der Waals surface area contributed by atoms with Crippen LogP contribution in [0.15, 0.2) is 0 Å². The van der Waals surface area contributed by atoms with Crippen molar-refractivity contribution in [3.05, 3.63) is 0 Å². The van der Waals surface area contributed by atoms with Gasteiger partial charge < -0.3 is 19.7 Å². The maximum atomic E-state index is 9.46. The van der Waals surface area contributed by atoms with Crippen molar-refractivity contribution in [1.29, 1.82) is 0 Å². The highest BCUT2D eigenvalue weighted by molar-refractivity contribution is 4.77. The smallest absolute Gasteiger partial charge is 0.0632 e. The average Bonchev–Trinajstić information content (AvgIpc) is 2.45. The van der Waals surface area contributed by atoms with Gasteiger partial charge in [-0.1, -0.05) is 39.5 Å². The summed E-state index contributed by atoms with van der Waals surface area (Å²) in [7, 11) is 0. The van der Waals surface area contributed by atoms with Crippen LogP contribution in [-0.4, -0.2) is 49.9 Å². The summed E-state index contributed by atoms with van der Waals surface area (Å²) < 4.78 is 11.1. The second-order valence-corrected chi connectivity index (χ2v) is 5.34. The lowest BCUT2D eigenvalue weighted by Crippen LogP contribution is -2.40. The zero-order valence-electron chi connectivity index (χ0n) is 12.7. The summed E-state index contributed by atoms with van der Waals surface area (Å²) in [4.78, 5) is 0. The van der Waals surface area contributed by atoms with Gasteiger partial charge in [0.2, 0.25) is 0 Å². The molecule has 0 fully saturated rings. The van der Waals surface area contributed by atoms with Crippen LogP contribution in [0.5, 0.6) is 0 Å². The lowest BCUT2D eigenvalue weighted by Gasteiger charge is -2.29. The van der Waals surface area contributed by atoms with Gasteiger partial charge in [-0.2, -0.15) is 0 Å². The predicted molar refractivity (Wildman–Crippen MR) is 77.3 cm³/mol. The Morgan fingerprint density at radius 1 is 0.737 bits per heavy atom. The van der Waals surface area contributed by atoms with Crippen molar-refractivity contribution < 1.29 is 19.7 Å². The molecule has 0 saturated carbocycles. The number of unbranched alkanes of at least 4 members (excludes halogenated alkanes) is 4. The van der Waals surface area contributed by atoms with Crippen molar-refractivity contribution >= 4 is 0 Å². The maximum absolute atomic E-state index is 9.46. The molecule has 2 N–H and O–H groups in total. The monoisotopic (exact) mass is 276 g/mol. The second-order valence-electron chi connectivity index (χ2n) is 5.34. The van der Waals surface area contributed by atoms with Gasteiger partial charge in [-0.15, -0.1) is 0 Å². The number of aliphatic hydroxyl groups excluding tert-OH is 2. The Hall–Kier alpha value is -0.160. The second kappa shape index (κ2) is 12.9. The van der Waals surface area contributed by atoms with Crippen LogP contribution in [0.3, 0.4) is 0 Å². The van der Waals surface area contributed by atoms with Crippen molar-refractivity contribution in [2.45, 2.75) is 52.4 Å². The van der Waals surface area contributed by atoms with Crippen molar-refractivity contribution in [2.75, 3.05) is 39.6 Å². The number of ether oxygens (including phenoxy) is 2. The molecule has 0 aliphatic rings. The van der Waals surface area contributed by atoms with E-state index in [4.69, 9.17) is 9.47 Å². The third-order valence-corrected chi connectivity index (χ3v) is 3.27. The number of rotatable bonds is 14. The first-order valence-corrected chi connectivity index (χ1v) is 7.62. The SMILES string of the molecule is CCCCCOCC(CO)(CO)COCCCCC. The molecule has 0 aliphatic heterocycles. The Labute approximate surface area is 118 Å². The van der Waals surface area contributed by atoms with E-state index in [0.29, 0.717) is 26.4 Å². The lowest BCUT2D eigenvalue weighted by molar-refractivity contribution is -0.0776. The Bertz CT molecular complexity index is 165. The van der Waals surface area contributed by atoms with Crippen LogP contribution in [0.2, 0.25) is 0 Å². The topological polar surface area (TPSA) is 58.9 Å². The van der Waals surface area contributed by atoms with Crippen LogP contribution in [0, 0.1) is 5.41 Å². The van der Waals surface area contributed by atoms with E-state index in [0.717, 1.165) is 38.5 Å². The number of hydrogen-bond acceptors (Lipinski definition) is 4. The minimum Gasteiger partial charge on any atom is -0.396 e. The van der Waals surface area contributed by atoms with Crippen molar-refractivity contribution in [2.24, 2.45) is 5.41 Å². The van der Waals surface area contributed by atoms with Crippen LogP contribution in [-0.2, 0) is 9.47 Å². The lowest BCUT2D eigenvalue weighted by atomic mass is 9.92. The fourth-order valence-corrected chi connectivity index (χ4v) is 1.76. The largest absolute Gasteiger partial charge is 0.396 e. The molecular formula is C15H32O4. The Morgan fingerprint density at radius 2 is 1.16 bits per heavy atom. The molecule has 0 saturated heterocycles. The molecule has 0 amide bonds. The molecular weight excluding hydrogens is 244 g/mol.